The molecule has 0 amide bonds. The van der Waals surface area contributed by atoms with Crippen LogP contribution in [0.25, 0.3) is 0 Å². The van der Waals surface area contributed by atoms with Crippen LogP contribution in [0.15, 0.2) is 42.5 Å². The number of aryl methyl sites for hydroxylation is 1. The topological polar surface area (TPSA) is 18.5 Å². The van der Waals surface area contributed by atoms with Crippen molar-refractivity contribution in [2.24, 2.45) is 0 Å². The van der Waals surface area contributed by atoms with Crippen molar-refractivity contribution in [1.82, 2.24) is 0 Å². The van der Waals surface area contributed by atoms with Gasteiger partial charge in [0.05, 0.1) is 6.61 Å². The monoisotopic (exact) mass is 242 g/mol. The van der Waals surface area contributed by atoms with E-state index in [1.165, 1.54) is 5.56 Å². The van der Waals surface area contributed by atoms with Crippen LogP contribution in [0.2, 0.25) is 0 Å². The van der Waals surface area contributed by atoms with Gasteiger partial charge in [-0.2, -0.15) is 0 Å². The van der Waals surface area contributed by atoms with E-state index >= 15 is 0 Å². The Kier molecular flexibility index (Phi) is 3.88. The first kappa shape index (κ1) is 12.5. The summed E-state index contributed by atoms with van der Waals surface area (Å²) in [6.45, 7) is 6.74. The molecule has 0 aromatic heterocycles. The molecule has 0 radical (unpaired) electrons. The van der Waals surface area contributed by atoms with E-state index in [1.807, 2.05) is 43.3 Å². The van der Waals surface area contributed by atoms with E-state index in [0.717, 1.165) is 22.8 Å². The Labute approximate surface area is 108 Å². The second-order valence-electron chi connectivity index (χ2n) is 4.18. The van der Waals surface area contributed by atoms with Crippen LogP contribution < -0.4 is 9.47 Å². The van der Waals surface area contributed by atoms with Gasteiger partial charge in [0.15, 0.2) is 11.5 Å². The molecule has 2 heteroatoms. The summed E-state index contributed by atoms with van der Waals surface area (Å²) in [7, 11) is 0. The fraction of sp³-hybridized carbons (Fsp3) is 0.250. The summed E-state index contributed by atoms with van der Waals surface area (Å²) >= 11 is 0. The Bertz CT molecular complexity index is 532. The molecular formula is C16H18O2. The van der Waals surface area contributed by atoms with Crippen molar-refractivity contribution in [1.29, 1.82) is 0 Å². The lowest BCUT2D eigenvalue weighted by Crippen LogP contribution is -1.96. The summed E-state index contributed by atoms with van der Waals surface area (Å²) in [5.74, 6) is 2.41. The minimum Gasteiger partial charge on any atom is -0.490 e. The van der Waals surface area contributed by atoms with Crippen LogP contribution in [0.5, 0.6) is 17.2 Å². The first-order chi connectivity index (χ1) is 8.72. The van der Waals surface area contributed by atoms with Gasteiger partial charge < -0.3 is 9.47 Å². The Hall–Kier alpha value is -1.96. The minimum atomic E-state index is 0.632. The molecule has 2 aromatic rings. The Balaban J connectivity index is 2.31. The number of benzene rings is 2. The molecule has 0 aliphatic rings. The zero-order valence-electron chi connectivity index (χ0n) is 11.1. The van der Waals surface area contributed by atoms with Crippen molar-refractivity contribution < 1.29 is 9.47 Å². The summed E-state index contributed by atoms with van der Waals surface area (Å²) in [6.07, 6.45) is 0. The second-order valence-corrected chi connectivity index (χ2v) is 4.18. The lowest BCUT2D eigenvalue weighted by atomic mass is 10.1. The molecular weight excluding hydrogens is 224 g/mol. The van der Waals surface area contributed by atoms with Crippen LogP contribution in [0, 0.1) is 13.8 Å². The van der Waals surface area contributed by atoms with E-state index < -0.39 is 0 Å². The predicted molar refractivity (Wildman–Crippen MR) is 73.6 cm³/mol. The molecule has 0 bridgehead atoms. The Morgan fingerprint density at radius 1 is 0.833 bits per heavy atom. The fourth-order valence-electron chi connectivity index (χ4n) is 1.76. The first-order valence-electron chi connectivity index (χ1n) is 6.18. The molecule has 2 aromatic carbocycles. The number of hydrogen-bond donors (Lipinski definition) is 0. The molecule has 0 N–H and O–H groups in total. The number of hydrogen-bond acceptors (Lipinski definition) is 2. The molecule has 0 saturated carbocycles. The molecule has 94 valence electrons. The van der Waals surface area contributed by atoms with Gasteiger partial charge in [0, 0.05) is 0 Å². The standard InChI is InChI=1S/C16H18O2/c1-4-17-15-9-5-6-10-16(15)18-14-11-7-8-12(2)13(14)3/h5-11H,4H2,1-3H3. The summed E-state index contributed by atoms with van der Waals surface area (Å²) in [4.78, 5) is 0. The predicted octanol–water partition coefficient (Wildman–Crippen LogP) is 4.49. The molecule has 0 atom stereocenters. The summed E-state index contributed by atoms with van der Waals surface area (Å²) in [5.41, 5.74) is 2.38. The molecule has 2 rings (SSSR count). The van der Waals surface area contributed by atoms with Gasteiger partial charge >= 0.3 is 0 Å². The van der Waals surface area contributed by atoms with Crippen LogP contribution in [0.4, 0.5) is 0 Å². The maximum absolute atomic E-state index is 5.95. The molecule has 0 aliphatic heterocycles. The number of rotatable bonds is 4. The van der Waals surface area contributed by atoms with Gasteiger partial charge in [-0.3, -0.25) is 0 Å². The highest BCUT2D eigenvalue weighted by molar-refractivity contribution is 5.46. The molecule has 0 unspecified atom stereocenters. The van der Waals surface area contributed by atoms with Gasteiger partial charge in [-0.25, -0.2) is 0 Å². The van der Waals surface area contributed by atoms with Crippen LogP contribution in [-0.4, -0.2) is 6.61 Å². The largest absolute Gasteiger partial charge is 0.490 e. The van der Waals surface area contributed by atoms with E-state index in [-0.39, 0.29) is 0 Å². The third-order valence-corrected chi connectivity index (χ3v) is 2.92. The zero-order valence-corrected chi connectivity index (χ0v) is 11.1. The summed E-state index contributed by atoms with van der Waals surface area (Å²) in [5, 5.41) is 0. The van der Waals surface area contributed by atoms with Crippen LogP contribution in [0.3, 0.4) is 0 Å². The van der Waals surface area contributed by atoms with Gasteiger partial charge in [0.2, 0.25) is 0 Å². The normalized spacial score (nSPS) is 10.2. The Morgan fingerprint density at radius 3 is 2.22 bits per heavy atom. The average molecular weight is 242 g/mol. The van der Waals surface area contributed by atoms with E-state index in [0.29, 0.717) is 6.61 Å². The van der Waals surface area contributed by atoms with Crippen LogP contribution in [-0.2, 0) is 0 Å². The molecule has 0 heterocycles. The van der Waals surface area contributed by atoms with Gasteiger partial charge in [-0.1, -0.05) is 24.3 Å². The fourth-order valence-corrected chi connectivity index (χ4v) is 1.76. The van der Waals surface area contributed by atoms with Gasteiger partial charge in [-0.05, 0) is 50.1 Å². The third kappa shape index (κ3) is 2.65. The minimum absolute atomic E-state index is 0.632. The van der Waals surface area contributed by atoms with Crippen molar-refractivity contribution in [3.05, 3.63) is 53.6 Å². The van der Waals surface area contributed by atoms with Gasteiger partial charge in [0.1, 0.15) is 5.75 Å². The molecule has 18 heavy (non-hydrogen) atoms. The van der Waals surface area contributed by atoms with Gasteiger partial charge in [-0.15, -0.1) is 0 Å². The Morgan fingerprint density at radius 2 is 1.50 bits per heavy atom. The lowest BCUT2D eigenvalue weighted by molar-refractivity contribution is 0.321. The quantitative estimate of drug-likeness (QED) is 0.786. The molecule has 0 spiro atoms. The second kappa shape index (κ2) is 5.58. The molecule has 0 saturated heterocycles. The van der Waals surface area contributed by atoms with Crippen molar-refractivity contribution in [3.8, 4) is 17.2 Å². The highest BCUT2D eigenvalue weighted by Gasteiger charge is 2.07. The van der Waals surface area contributed by atoms with E-state index in [4.69, 9.17) is 9.47 Å². The van der Waals surface area contributed by atoms with Crippen molar-refractivity contribution >= 4 is 0 Å². The smallest absolute Gasteiger partial charge is 0.169 e. The maximum Gasteiger partial charge on any atom is 0.169 e. The number of para-hydroxylation sites is 2. The average Bonchev–Trinajstić information content (AvgIpc) is 2.37. The van der Waals surface area contributed by atoms with Gasteiger partial charge in [0.25, 0.3) is 0 Å². The highest BCUT2D eigenvalue weighted by atomic mass is 16.5. The third-order valence-electron chi connectivity index (χ3n) is 2.92. The van der Waals surface area contributed by atoms with Crippen molar-refractivity contribution in [2.45, 2.75) is 20.8 Å². The lowest BCUT2D eigenvalue weighted by Gasteiger charge is -2.13. The molecule has 2 nitrogen and oxygen atoms in total. The van der Waals surface area contributed by atoms with Crippen molar-refractivity contribution in [3.63, 3.8) is 0 Å². The molecule has 0 aliphatic carbocycles. The van der Waals surface area contributed by atoms with Crippen LogP contribution >= 0.6 is 0 Å². The van der Waals surface area contributed by atoms with E-state index in [1.54, 1.807) is 0 Å². The number of ether oxygens (including phenoxy) is 2. The maximum atomic E-state index is 5.95. The summed E-state index contributed by atoms with van der Waals surface area (Å²) < 4.78 is 11.5. The summed E-state index contributed by atoms with van der Waals surface area (Å²) in [6, 6.07) is 13.8. The first-order valence-corrected chi connectivity index (χ1v) is 6.18. The van der Waals surface area contributed by atoms with E-state index in [9.17, 15) is 0 Å². The van der Waals surface area contributed by atoms with E-state index in [2.05, 4.69) is 19.9 Å². The molecule has 0 fully saturated rings. The van der Waals surface area contributed by atoms with Crippen LogP contribution in [0.1, 0.15) is 18.1 Å². The SMILES string of the molecule is CCOc1ccccc1Oc1cccc(C)c1C. The highest BCUT2D eigenvalue weighted by Crippen LogP contribution is 2.33. The van der Waals surface area contributed by atoms with Crippen molar-refractivity contribution in [2.75, 3.05) is 6.61 Å². The zero-order chi connectivity index (χ0) is 13.0.